The van der Waals surface area contributed by atoms with Crippen molar-refractivity contribution in [1.82, 2.24) is 19.4 Å². The van der Waals surface area contributed by atoms with Crippen molar-refractivity contribution in [3.8, 4) is 0 Å². The highest BCUT2D eigenvalue weighted by molar-refractivity contribution is 7.90. The number of hydrogen-bond donors (Lipinski definition) is 1. The maximum atomic E-state index is 14.5. The summed E-state index contributed by atoms with van der Waals surface area (Å²) in [4.78, 5) is 76.0. The van der Waals surface area contributed by atoms with Gasteiger partial charge in [0.2, 0.25) is 27.7 Å². The smallest absolute Gasteiger partial charge is 0.237 e. The third-order valence-electron chi connectivity index (χ3n) is 14.3. The second-order valence-corrected chi connectivity index (χ2v) is 20.5. The molecule has 4 rings (SSSR count). The first kappa shape index (κ1) is 50.4. The van der Waals surface area contributed by atoms with E-state index in [1.54, 1.807) is 30.9 Å². The third-order valence-corrected chi connectivity index (χ3v) is 15.6. The number of likely N-dealkylation sites (tertiary alicyclic amines) is 2. The molecule has 3 aliphatic rings. The van der Waals surface area contributed by atoms with Crippen LogP contribution in [0.4, 0.5) is 0 Å². The maximum Gasteiger partial charge on any atom is 0.237 e. The lowest BCUT2D eigenvalue weighted by molar-refractivity contribution is -0.149. The predicted octanol–water partition coefficient (Wildman–Crippen LogP) is 5.69. The van der Waals surface area contributed by atoms with Crippen LogP contribution in [0, 0.1) is 35.5 Å². The average molecular weight is 873 g/mol. The molecule has 344 valence electrons. The first-order valence-corrected chi connectivity index (χ1v) is 24.5. The molecular formula is C47H76N4O9S. The van der Waals surface area contributed by atoms with E-state index in [1.165, 1.54) is 7.11 Å². The van der Waals surface area contributed by atoms with Crippen LogP contribution in [0.15, 0.2) is 30.3 Å². The second kappa shape index (κ2) is 22.9. The van der Waals surface area contributed by atoms with Gasteiger partial charge in [-0.15, -0.1) is 0 Å². The van der Waals surface area contributed by atoms with Crippen molar-refractivity contribution in [1.29, 1.82) is 0 Å². The van der Waals surface area contributed by atoms with E-state index in [0.717, 1.165) is 31.2 Å². The number of unbranched alkanes of at least 4 members (excludes halogenated alkanes) is 1. The van der Waals surface area contributed by atoms with E-state index < -0.39 is 58.0 Å². The number of fused-ring (bicyclic) bond motifs is 2. The summed E-state index contributed by atoms with van der Waals surface area (Å²) in [5.74, 6) is -3.16. The van der Waals surface area contributed by atoms with Crippen molar-refractivity contribution in [2.75, 3.05) is 40.6 Å². The Bertz CT molecular complexity index is 1740. The first-order chi connectivity index (χ1) is 28.9. The monoisotopic (exact) mass is 873 g/mol. The van der Waals surface area contributed by atoms with Crippen LogP contribution in [0.5, 0.6) is 0 Å². The summed E-state index contributed by atoms with van der Waals surface area (Å²) in [5.41, 5.74) is 0.803. The molecule has 1 aliphatic carbocycles. The minimum Gasteiger partial charge on any atom is -0.379 e. The standard InChI is InChI=1S/C47H76N4O9S/c1-11-13-24-61(57,58)48-46(55)35(25-33-18-15-14-16-19-33)27-39(52)32(6)45(60-10)38-20-17-23-51(38)42(54)29-41(59-9)43(31(5)12-2)50(8)47(56)37(30(3)4)28-40(53)44-34-21-22-36(26-34)49(44)7/h14-16,18-19,30-32,34-38,41,43-45H,11-13,17,20-29H2,1-10H3,(H,48,55)/t31-,32-,34-,35+,36+,37-,38-,41+,43-,44-,45+/m0/s1. The van der Waals surface area contributed by atoms with Gasteiger partial charge in [-0.25, -0.2) is 8.42 Å². The van der Waals surface area contributed by atoms with Gasteiger partial charge in [0.05, 0.1) is 42.5 Å². The second-order valence-electron chi connectivity index (χ2n) is 18.6. The van der Waals surface area contributed by atoms with E-state index in [0.29, 0.717) is 44.2 Å². The zero-order valence-corrected chi connectivity index (χ0v) is 39.5. The van der Waals surface area contributed by atoms with Gasteiger partial charge < -0.3 is 19.3 Å². The SMILES string of the molecule is CCCCS(=O)(=O)NC(=O)[C@@H](CC(=O)[C@H](C)[C@@H](OC)[C@@H]1CCCN1C(=O)C[C@@H](OC)[C@H]([C@@H](C)CC)N(C)C(=O)[C@@H](CC(=O)[C@@H]1[C@H]2CC[C@H](C2)N1C)C(C)C)Cc1ccccc1. The van der Waals surface area contributed by atoms with Crippen molar-refractivity contribution in [3.63, 3.8) is 0 Å². The molecule has 2 bridgehead atoms. The first-order valence-electron chi connectivity index (χ1n) is 22.9. The Morgan fingerprint density at radius 2 is 1.62 bits per heavy atom. The number of sulfonamides is 1. The summed E-state index contributed by atoms with van der Waals surface area (Å²) in [6.45, 7) is 12.2. The fraction of sp³-hybridized carbons (Fsp3) is 0.766. The fourth-order valence-corrected chi connectivity index (χ4v) is 11.7. The normalized spacial score (nSPS) is 23.9. The van der Waals surface area contributed by atoms with Gasteiger partial charge >= 0.3 is 0 Å². The summed E-state index contributed by atoms with van der Waals surface area (Å²) in [6, 6.07) is 8.64. The quantitative estimate of drug-likeness (QED) is 0.130. The number of amides is 3. The molecule has 13 nitrogen and oxygen atoms in total. The number of likely N-dealkylation sites (N-methyl/N-ethyl adjacent to an activating group) is 2. The lowest BCUT2D eigenvalue weighted by Gasteiger charge is -2.41. The number of ether oxygens (including phenoxy) is 2. The Hall–Kier alpha value is -3.20. The molecule has 14 heteroatoms. The number of carbonyl (C=O) groups excluding carboxylic acids is 5. The van der Waals surface area contributed by atoms with Crippen LogP contribution >= 0.6 is 0 Å². The Balaban J connectivity index is 1.48. The molecule has 0 unspecified atom stereocenters. The highest BCUT2D eigenvalue weighted by Crippen LogP contribution is 2.42. The van der Waals surface area contributed by atoms with Crippen LogP contribution in [0.25, 0.3) is 0 Å². The topological polar surface area (TPSA) is 160 Å². The lowest BCUT2D eigenvalue weighted by Crippen LogP contribution is -2.54. The number of nitrogens with one attached hydrogen (secondary N) is 1. The minimum absolute atomic E-state index is 0.00538. The Morgan fingerprint density at radius 1 is 0.934 bits per heavy atom. The fourth-order valence-electron chi connectivity index (χ4n) is 10.5. The number of nitrogens with zero attached hydrogens (tertiary/aromatic N) is 3. The number of ketones is 2. The molecule has 3 amide bonds. The van der Waals surface area contributed by atoms with Gasteiger partial charge in [-0.3, -0.25) is 33.6 Å². The van der Waals surface area contributed by atoms with Gasteiger partial charge in [0, 0.05) is 64.4 Å². The number of piperidine rings is 1. The largest absolute Gasteiger partial charge is 0.379 e. The van der Waals surface area contributed by atoms with Crippen LogP contribution < -0.4 is 4.72 Å². The van der Waals surface area contributed by atoms with E-state index >= 15 is 0 Å². The molecule has 1 saturated carbocycles. The number of Topliss-reactive ketones (excluding diaryl/α,β-unsaturated/α-hetero) is 2. The average Bonchev–Trinajstić information content (AvgIpc) is 3.99. The molecule has 2 aliphatic heterocycles. The van der Waals surface area contributed by atoms with Crippen molar-refractivity contribution < 1.29 is 41.9 Å². The van der Waals surface area contributed by atoms with Crippen LogP contribution in [-0.2, 0) is 49.9 Å². The van der Waals surface area contributed by atoms with Crippen molar-refractivity contribution in [2.24, 2.45) is 35.5 Å². The molecule has 1 N–H and O–H groups in total. The molecule has 0 radical (unpaired) electrons. The minimum atomic E-state index is -3.87. The Kier molecular flexibility index (Phi) is 19.0. The van der Waals surface area contributed by atoms with Crippen molar-refractivity contribution in [2.45, 2.75) is 155 Å². The highest BCUT2D eigenvalue weighted by Gasteiger charge is 2.48. The highest BCUT2D eigenvalue weighted by atomic mass is 32.2. The number of benzene rings is 1. The van der Waals surface area contributed by atoms with Crippen LogP contribution in [0.1, 0.15) is 118 Å². The van der Waals surface area contributed by atoms with Gasteiger partial charge in [0.25, 0.3) is 0 Å². The number of methoxy groups -OCH3 is 2. The summed E-state index contributed by atoms with van der Waals surface area (Å²) >= 11 is 0. The Morgan fingerprint density at radius 3 is 2.20 bits per heavy atom. The van der Waals surface area contributed by atoms with Crippen LogP contribution in [0.3, 0.4) is 0 Å². The van der Waals surface area contributed by atoms with Gasteiger partial charge in [0.1, 0.15) is 5.78 Å². The molecule has 0 aromatic heterocycles. The molecule has 2 saturated heterocycles. The molecular weight excluding hydrogens is 797 g/mol. The van der Waals surface area contributed by atoms with E-state index in [4.69, 9.17) is 9.47 Å². The number of hydrogen-bond acceptors (Lipinski definition) is 10. The van der Waals surface area contributed by atoms with Crippen LogP contribution in [-0.4, -0.2) is 129 Å². The third kappa shape index (κ3) is 12.7. The maximum absolute atomic E-state index is 14.5. The lowest BCUT2D eigenvalue weighted by atomic mass is 9.83. The molecule has 61 heavy (non-hydrogen) atoms. The number of rotatable bonds is 25. The zero-order valence-electron chi connectivity index (χ0n) is 38.6. The van der Waals surface area contributed by atoms with Crippen LogP contribution in [0.2, 0.25) is 0 Å². The molecule has 1 aromatic carbocycles. The summed E-state index contributed by atoms with van der Waals surface area (Å²) < 4.78 is 39.8. The molecule has 3 fully saturated rings. The molecule has 11 atom stereocenters. The van der Waals surface area contributed by atoms with Gasteiger partial charge in [-0.2, -0.15) is 0 Å². The number of carbonyl (C=O) groups is 5. The van der Waals surface area contributed by atoms with Crippen molar-refractivity contribution in [3.05, 3.63) is 35.9 Å². The summed E-state index contributed by atoms with van der Waals surface area (Å²) in [7, 11) is 3.03. The van der Waals surface area contributed by atoms with E-state index in [1.807, 2.05) is 58.2 Å². The Labute approximate surface area is 366 Å². The van der Waals surface area contributed by atoms with Gasteiger partial charge in [-0.1, -0.05) is 84.7 Å². The predicted molar refractivity (Wildman–Crippen MR) is 237 cm³/mol. The van der Waals surface area contributed by atoms with Gasteiger partial charge in [0.15, 0.2) is 5.78 Å². The van der Waals surface area contributed by atoms with E-state index in [-0.39, 0.29) is 72.7 Å². The summed E-state index contributed by atoms with van der Waals surface area (Å²) in [6.07, 6.45) is 5.21. The molecule has 1 aromatic rings. The van der Waals surface area contributed by atoms with E-state index in [9.17, 15) is 32.4 Å². The molecule has 2 heterocycles. The zero-order chi connectivity index (χ0) is 45.2. The molecule has 0 spiro atoms. The van der Waals surface area contributed by atoms with Crippen molar-refractivity contribution >= 4 is 39.3 Å². The summed E-state index contributed by atoms with van der Waals surface area (Å²) in [5, 5.41) is 0. The van der Waals surface area contributed by atoms with Gasteiger partial charge in [-0.05, 0) is 75.3 Å². The van der Waals surface area contributed by atoms with E-state index in [2.05, 4.69) is 23.5 Å².